The lowest BCUT2D eigenvalue weighted by molar-refractivity contribution is -0.124. The van der Waals surface area contributed by atoms with Crippen LogP contribution in [0, 0.1) is 5.92 Å². The lowest BCUT2D eigenvalue weighted by Crippen LogP contribution is -2.37. The lowest BCUT2D eigenvalue weighted by atomic mass is 9.84. The van der Waals surface area contributed by atoms with Crippen LogP contribution in [0.1, 0.15) is 24.8 Å². The van der Waals surface area contributed by atoms with Gasteiger partial charge in [-0.2, -0.15) is 0 Å². The maximum atomic E-state index is 12.2. The van der Waals surface area contributed by atoms with E-state index in [0.29, 0.717) is 5.91 Å². The number of nitrogen functional groups attached to an aromatic ring is 1. The van der Waals surface area contributed by atoms with Gasteiger partial charge in [-0.1, -0.05) is 6.42 Å². The number of hydrogen-bond acceptors (Lipinski definition) is 2. The molecule has 3 heteroatoms. The van der Waals surface area contributed by atoms with Gasteiger partial charge >= 0.3 is 0 Å². The first-order valence-electron chi connectivity index (χ1n) is 5.95. The molecular weight excluding hydrogens is 200 g/mol. The Labute approximate surface area is 95.2 Å². The maximum absolute atomic E-state index is 12.2. The highest BCUT2D eigenvalue weighted by Crippen LogP contribution is 2.35. The van der Waals surface area contributed by atoms with Gasteiger partial charge < -0.3 is 10.6 Å². The fourth-order valence-electron chi connectivity index (χ4n) is 2.53. The van der Waals surface area contributed by atoms with E-state index in [0.717, 1.165) is 37.2 Å². The number of anilines is 2. The van der Waals surface area contributed by atoms with E-state index >= 15 is 0 Å². The molecule has 0 bridgehead atoms. The lowest BCUT2D eigenvalue weighted by Gasteiger charge is -2.29. The quantitative estimate of drug-likeness (QED) is 0.729. The molecule has 0 spiro atoms. The van der Waals surface area contributed by atoms with Crippen LogP contribution in [-0.4, -0.2) is 12.5 Å². The van der Waals surface area contributed by atoms with E-state index in [4.69, 9.17) is 5.73 Å². The molecule has 84 valence electrons. The number of nitrogens with zero attached hydrogens (tertiary/aromatic N) is 1. The number of rotatable bonds is 1. The van der Waals surface area contributed by atoms with Gasteiger partial charge in [0.1, 0.15) is 0 Å². The van der Waals surface area contributed by atoms with Gasteiger partial charge in [0.05, 0.1) is 0 Å². The molecule has 1 aromatic carbocycles. The molecule has 1 heterocycles. The summed E-state index contributed by atoms with van der Waals surface area (Å²) in [7, 11) is 0. The Bertz CT molecular complexity index is 438. The van der Waals surface area contributed by atoms with Crippen LogP contribution in [-0.2, 0) is 11.2 Å². The molecule has 1 aliphatic carbocycles. The summed E-state index contributed by atoms with van der Waals surface area (Å²) in [6.45, 7) is 0.828. The molecular formula is C13H16N2O. The van der Waals surface area contributed by atoms with Gasteiger partial charge in [-0.3, -0.25) is 4.79 Å². The number of carbonyl (C=O) groups excluding carboxylic acids is 1. The summed E-state index contributed by atoms with van der Waals surface area (Å²) >= 11 is 0. The second kappa shape index (κ2) is 3.51. The van der Waals surface area contributed by atoms with Crippen LogP contribution in [0.25, 0.3) is 0 Å². The molecule has 0 atom stereocenters. The minimum atomic E-state index is 0.281. The van der Waals surface area contributed by atoms with Crippen molar-refractivity contribution in [2.45, 2.75) is 25.7 Å². The third-order valence-corrected chi connectivity index (χ3v) is 3.72. The summed E-state index contributed by atoms with van der Waals surface area (Å²) in [5.41, 5.74) is 8.83. The highest BCUT2D eigenvalue weighted by Gasteiger charge is 2.33. The monoisotopic (exact) mass is 216 g/mol. The molecule has 0 saturated heterocycles. The molecule has 0 unspecified atom stereocenters. The first-order chi connectivity index (χ1) is 7.75. The zero-order valence-corrected chi connectivity index (χ0v) is 9.28. The van der Waals surface area contributed by atoms with E-state index < -0.39 is 0 Å². The van der Waals surface area contributed by atoms with Crippen LogP contribution in [0.5, 0.6) is 0 Å². The molecule has 1 fully saturated rings. The Morgan fingerprint density at radius 2 is 2.19 bits per heavy atom. The predicted octanol–water partition coefficient (Wildman–Crippen LogP) is 1.96. The van der Waals surface area contributed by atoms with Gasteiger partial charge in [0.25, 0.3) is 0 Å². The van der Waals surface area contributed by atoms with Crippen molar-refractivity contribution in [1.82, 2.24) is 0 Å². The van der Waals surface area contributed by atoms with E-state index in [-0.39, 0.29) is 5.92 Å². The van der Waals surface area contributed by atoms with Crippen molar-refractivity contribution in [3.8, 4) is 0 Å². The summed E-state index contributed by atoms with van der Waals surface area (Å²) in [6, 6.07) is 5.85. The van der Waals surface area contributed by atoms with Gasteiger partial charge in [-0.25, -0.2) is 0 Å². The van der Waals surface area contributed by atoms with Crippen molar-refractivity contribution in [3.63, 3.8) is 0 Å². The summed E-state index contributed by atoms with van der Waals surface area (Å²) in [6.07, 6.45) is 4.29. The number of carbonyl (C=O) groups is 1. The van der Waals surface area contributed by atoms with Crippen molar-refractivity contribution < 1.29 is 4.79 Å². The molecule has 2 N–H and O–H groups in total. The molecule has 16 heavy (non-hydrogen) atoms. The smallest absolute Gasteiger partial charge is 0.230 e. The van der Waals surface area contributed by atoms with Crippen LogP contribution >= 0.6 is 0 Å². The van der Waals surface area contributed by atoms with Crippen LogP contribution in [0.3, 0.4) is 0 Å². The average Bonchev–Trinajstić information content (AvgIpc) is 2.57. The van der Waals surface area contributed by atoms with Crippen molar-refractivity contribution in [1.29, 1.82) is 0 Å². The second-order valence-electron chi connectivity index (χ2n) is 4.76. The fourth-order valence-corrected chi connectivity index (χ4v) is 2.53. The third-order valence-electron chi connectivity index (χ3n) is 3.72. The summed E-state index contributed by atoms with van der Waals surface area (Å²) < 4.78 is 0. The van der Waals surface area contributed by atoms with E-state index in [2.05, 4.69) is 0 Å². The van der Waals surface area contributed by atoms with Gasteiger partial charge in [0.2, 0.25) is 5.91 Å². The number of benzene rings is 1. The fraction of sp³-hybridized carbons (Fsp3) is 0.462. The summed E-state index contributed by atoms with van der Waals surface area (Å²) in [4.78, 5) is 14.1. The van der Waals surface area contributed by atoms with Crippen molar-refractivity contribution in [3.05, 3.63) is 23.8 Å². The second-order valence-corrected chi connectivity index (χ2v) is 4.76. The SMILES string of the molecule is Nc1ccc2c(c1)CCN2C(=O)C1CCC1. The predicted molar refractivity (Wildman–Crippen MR) is 64.3 cm³/mol. The normalized spacial score (nSPS) is 19.4. The largest absolute Gasteiger partial charge is 0.399 e. The van der Waals surface area contributed by atoms with E-state index in [1.54, 1.807) is 0 Å². The first-order valence-corrected chi connectivity index (χ1v) is 5.95. The average molecular weight is 216 g/mol. The molecule has 1 aromatic rings. The molecule has 1 amide bonds. The minimum Gasteiger partial charge on any atom is -0.399 e. The van der Waals surface area contributed by atoms with Crippen LogP contribution in [0.15, 0.2) is 18.2 Å². The zero-order valence-electron chi connectivity index (χ0n) is 9.28. The Hall–Kier alpha value is -1.51. The first kappa shape index (κ1) is 9.70. The van der Waals surface area contributed by atoms with E-state index in [1.165, 1.54) is 12.0 Å². The van der Waals surface area contributed by atoms with Crippen molar-refractivity contribution in [2.75, 3.05) is 17.2 Å². The number of hydrogen-bond donors (Lipinski definition) is 1. The number of nitrogens with two attached hydrogens (primary N) is 1. The van der Waals surface area contributed by atoms with Gasteiger partial charge in [0.15, 0.2) is 0 Å². The van der Waals surface area contributed by atoms with Crippen molar-refractivity contribution >= 4 is 17.3 Å². The van der Waals surface area contributed by atoms with Crippen LogP contribution < -0.4 is 10.6 Å². The molecule has 1 saturated carbocycles. The van der Waals surface area contributed by atoms with E-state index in [9.17, 15) is 4.79 Å². The Kier molecular flexibility index (Phi) is 2.13. The number of amides is 1. The molecule has 0 aromatic heterocycles. The Morgan fingerprint density at radius 3 is 2.88 bits per heavy atom. The van der Waals surface area contributed by atoms with Crippen molar-refractivity contribution in [2.24, 2.45) is 5.92 Å². The van der Waals surface area contributed by atoms with Crippen LogP contribution in [0.4, 0.5) is 11.4 Å². The number of fused-ring (bicyclic) bond motifs is 1. The Balaban J connectivity index is 1.87. The topological polar surface area (TPSA) is 46.3 Å². The van der Waals surface area contributed by atoms with E-state index in [1.807, 2.05) is 23.1 Å². The Morgan fingerprint density at radius 1 is 1.38 bits per heavy atom. The highest BCUT2D eigenvalue weighted by atomic mass is 16.2. The standard InChI is InChI=1S/C13H16N2O/c14-11-4-5-12-10(8-11)6-7-15(12)13(16)9-2-1-3-9/h4-5,8-9H,1-3,6-7,14H2. The zero-order chi connectivity index (χ0) is 11.1. The van der Waals surface area contributed by atoms with Gasteiger partial charge in [-0.15, -0.1) is 0 Å². The molecule has 2 aliphatic rings. The molecule has 3 rings (SSSR count). The molecule has 1 aliphatic heterocycles. The van der Waals surface area contributed by atoms with Gasteiger partial charge in [-0.05, 0) is 43.0 Å². The van der Waals surface area contributed by atoms with Crippen LogP contribution in [0.2, 0.25) is 0 Å². The highest BCUT2D eigenvalue weighted by molar-refractivity contribution is 5.97. The summed E-state index contributed by atoms with van der Waals surface area (Å²) in [5.74, 6) is 0.596. The third kappa shape index (κ3) is 1.39. The molecule has 0 radical (unpaired) electrons. The summed E-state index contributed by atoms with van der Waals surface area (Å²) in [5, 5.41) is 0. The minimum absolute atomic E-state index is 0.281. The van der Waals surface area contributed by atoms with Gasteiger partial charge in [0, 0.05) is 23.8 Å². The molecule has 3 nitrogen and oxygen atoms in total. The maximum Gasteiger partial charge on any atom is 0.230 e.